The van der Waals surface area contributed by atoms with E-state index in [0.717, 1.165) is 6.42 Å². The molecule has 0 heterocycles. The Morgan fingerprint density at radius 2 is 1.33 bits per heavy atom. The molecule has 0 spiro atoms. The molecular formula is C15H36OSi2. The summed E-state index contributed by atoms with van der Waals surface area (Å²) in [5.41, 5.74) is 0.461. The second-order valence-corrected chi connectivity index (χ2v) is 19.0. The van der Waals surface area contributed by atoms with Crippen molar-refractivity contribution in [2.75, 3.05) is 0 Å². The summed E-state index contributed by atoms with van der Waals surface area (Å²) < 4.78 is 6.48. The first-order chi connectivity index (χ1) is 7.68. The molecule has 0 aromatic rings. The highest BCUT2D eigenvalue weighted by atomic mass is 28.4. The Bertz CT molecular complexity index is 261. The molecule has 0 saturated carbocycles. The first-order valence-electron chi connectivity index (χ1n) is 7.38. The van der Waals surface area contributed by atoms with Crippen molar-refractivity contribution in [1.82, 2.24) is 0 Å². The SMILES string of the molecule is CCC(C)(CC(C)(C)C[Si](C)(C)C)O[Si](C)(C)C. The molecule has 0 rings (SSSR count). The molecule has 1 unspecified atom stereocenters. The minimum absolute atomic E-state index is 0.0631. The van der Waals surface area contributed by atoms with Crippen molar-refractivity contribution < 1.29 is 4.43 Å². The van der Waals surface area contributed by atoms with E-state index in [1.165, 1.54) is 12.5 Å². The summed E-state index contributed by atoms with van der Waals surface area (Å²) in [5, 5.41) is 0. The maximum absolute atomic E-state index is 6.48. The van der Waals surface area contributed by atoms with E-state index in [9.17, 15) is 0 Å². The number of hydrogen-bond donors (Lipinski definition) is 0. The monoisotopic (exact) mass is 288 g/mol. The largest absolute Gasteiger partial charge is 0.412 e. The lowest BCUT2D eigenvalue weighted by Crippen LogP contribution is -2.44. The quantitative estimate of drug-likeness (QED) is 0.541. The molecule has 0 aliphatic heterocycles. The maximum Gasteiger partial charge on any atom is 0.184 e. The van der Waals surface area contributed by atoms with Gasteiger partial charge in [0, 0.05) is 8.07 Å². The van der Waals surface area contributed by atoms with Crippen LogP contribution in [0.3, 0.4) is 0 Å². The fraction of sp³-hybridized carbons (Fsp3) is 1.00. The lowest BCUT2D eigenvalue weighted by atomic mass is 9.81. The Morgan fingerprint density at radius 1 is 0.889 bits per heavy atom. The molecule has 0 N–H and O–H groups in total. The van der Waals surface area contributed by atoms with Crippen LogP contribution in [0.1, 0.15) is 40.5 Å². The first kappa shape index (κ1) is 18.4. The van der Waals surface area contributed by atoms with Crippen molar-refractivity contribution in [2.24, 2.45) is 5.41 Å². The molecule has 0 aromatic carbocycles. The van der Waals surface area contributed by atoms with Crippen LogP contribution < -0.4 is 0 Å². The predicted octanol–water partition coefficient (Wildman–Crippen LogP) is 5.76. The highest BCUT2D eigenvalue weighted by Gasteiger charge is 2.37. The highest BCUT2D eigenvalue weighted by molar-refractivity contribution is 6.76. The average molecular weight is 289 g/mol. The smallest absolute Gasteiger partial charge is 0.184 e. The van der Waals surface area contributed by atoms with E-state index in [-0.39, 0.29) is 5.60 Å². The van der Waals surface area contributed by atoms with Crippen LogP contribution in [0.25, 0.3) is 0 Å². The topological polar surface area (TPSA) is 9.23 Å². The molecule has 18 heavy (non-hydrogen) atoms. The standard InChI is InChI=1S/C15H36OSi2/c1-11-15(4,16-18(8,9)10)12-14(2,3)13-17(5,6)7/h11-13H2,1-10H3. The lowest BCUT2D eigenvalue weighted by molar-refractivity contribution is 0.0332. The van der Waals surface area contributed by atoms with Crippen molar-refractivity contribution >= 4 is 16.4 Å². The zero-order valence-corrected chi connectivity index (χ0v) is 16.5. The molecule has 0 radical (unpaired) electrons. The van der Waals surface area contributed by atoms with Gasteiger partial charge in [0.15, 0.2) is 8.32 Å². The average Bonchev–Trinajstić information content (AvgIpc) is 1.93. The van der Waals surface area contributed by atoms with Gasteiger partial charge in [-0.1, -0.05) is 46.5 Å². The fourth-order valence-electron chi connectivity index (χ4n) is 3.48. The van der Waals surface area contributed by atoms with Gasteiger partial charge in [-0.05, 0) is 44.8 Å². The number of rotatable bonds is 7. The zero-order chi connectivity index (χ0) is 14.8. The van der Waals surface area contributed by atoms with Crippen LogP contribution in [0.15, 0.2) is 0 Å². The summed E-state index contributed by atoms with van der Waals surface area (Å²) >= 11 is 0. The van der Waals surface area contributed by atoms with E-state index in [1.807, 2.05) is 0 Å². The first-order valence-corrected chi connectivity index (χ1v) is 14.5. The molecule has 1 nitrogen and oxygen atoms in total. The zero-order valence-electron chi connectivity index (χ0n) is 14.5. The second-order valence-electron chi connectivity index (χ2n) is 9.10. The third kappa shape index (κ3) is 8.49. The van der Waals surface area contributed by atoms with E-state index >= 15 is 0 Å². The molecule has 0 aliphatic carbocycles. The van der Waals surface area contributed by atoms with Crippen molar-refractivity contribution in [3.63, 3.8) is 0 Å². The Kier molecular flexibility index (Phi) is 5.93. The van der Waals surface area contributed by atoms with Gasteiger partial charge in [0.25, 0.3) is 0 Å². The van der Waals surface area contributed by atoms with E-state index in [1.54, 1.807) is 0 Å². The van der Waals surface area contributed by atoms with Crippen LogP contribution >= 0.6 is 0 Å². The summed E-state index contributed by atoms with van der Waals surface area (Å²) in [5.74, 6) is 0. The molecule has 0 aromatic heterocycles. The molecule has 0 aliphatic rings. The van der Waals surface area contributed by atoms with Crippen molar-refractivity contribution in [3.05, 3.63) is 0 Å². The molecule has 110 valence electrons. The minimum atomic E-state index is -1.46. The summed E-state index contributed by atoms with van der Waals surface area (Å²) in [6.07, 6.45) is 2.30. The van der Waals surface area contributed by atoms with Gasteiger partial charge in [-0.2, -0.15) is 0 Å². The summed E-state index contributed by atoms with van der Waals surface area (Å²) in [4.78, 5) is 0. The van der Waals surface area contributed by atoms with E-state index in [4.69, 9.17) is 4.43 Å². The van der Waals surface area contributed by atoms with Crippen LogP contribution in [-0.2, 0) is 4.43 Å². The third-order valence-corrected chi connectivity index (χ3v) is 6.28. The Hall–Kier alpha value is 0.394. The Labute approximate surface area is 118 Å². The molecule has 3 heteroatoms. The van der Waals surface area contributed by atoms with Crippen LogP contribution in [0.2, 0.25) is 45.3 Å². The molecular weight excluding hydrogens is 252 g/mol. The molecule has 0 amide bonds. The molecule has 0 bridgehead atoms. The maximum atomic E-state index is 6.48. The van der Waals surface area contributed by atoms with Crippen LogP contribution in [0.4, 0.5) is 0 Å². The summed E-state index contributed by atoms with van der Waals surface area (Å²) in [6.45, 7) is 23.7. The highest BCUT2D eigenvalue weighted by Crippen LogP contribution is 2.39. The fourth-order valence-corrected chi connectivity index (χ4v) is 8.17. The van der Waals surface area contributed by atoms with Gasteiger partial charge in [0.1, 0.15) is 0 Å². The normalized spacial score (nSPS) is 17.7. The Balaban J connectivity index is 4.80. The van der Waals surface area contributed by atoms with E-state index in [0.29, 0.717) is 5.41 Å². The summed E-state index contributed by atoms with van der Waals surface area (Å²) in [6, 6.07) is 1.38. The molecule has 0 saturated heterocycles. The third-order valence-electron chi connectivity index (χ3n) is 3.16. The molecule has 1 atom stereocenters. The second kappa shape index (κ2) is 5.80. The van der Waals surface area contributed by atoms with Gasteiger partial charge < -0.3 is 4.43 Å². The van der Waals surface area contributed by atoms with Crippen LogP contribution in [-0.4, -0.2) is 22.0 Å². The molecule has 0 fully saturated rings. The van der Waals surface area contributed by atoms with Gasteiger partial charge in [-0.25, -0.2) is 0 Å². The number of hydrogen-bond acceptors (Lipinski definition) is 1. The van der Waals surface area contributed by atoms with Crippen molar-refractivity contribution in [2.45, 2.75) is 91.5 Å². The van der Waals surface area contributed by atoms with Gasteiger partial charge in [0.2, 0.25) is 0 Å². The van der Waals surface area contributed by atoms with Gasteiger partial charge in [0.05, 0.1) is 5.60 Å². The van der Waals surface area contributed by atoms with Crippen LogP contribution in [0, 0.1) is 5.41 Å². The van der Waals surface area contributed by atoms with Crippen molar-refractivity contribution in [1.29, 1.82) is 0 Å². The van der Waals surface area contributed by atoms with Crippen LogP contribution in [0.5, 0.6) is 0 Å². The Morgan fingerprint density at radius 3 is 1.61 bits per heavy atom. The minimum Gasteiger partial charge on any atom is -0.412 e. The van der Waals surface area contributed by atoms with Gasteiger partial charge in [-0.15, -0.1) is 0 Å². The van der Waals surface area contributed by atoms with E-state index < -0.39 is 16.4 Å². The van der Waals surface area contributed by atoms with Gasteiger partial charge in [-0.3, -0.25) is 0 Å². The summed E-state index contributed by atoms with van der Waals surface area (Å²) in [7, 11) is -2.47. The lowest BCUT2D eigenvalue weighted by Gasteiger charge is -2.43. The van der Waals surface area contributed by atoms with E-state index in [2.05, 4.69) is 67.0 Å². The predicted molar refractivity (Wildman–Crippen MR) is 89.7 cm³/mol. The van der Waals surface area contributed by atoms with Gasteiger partial charge >= 0.3 is 0 Å². The van der Waals surface area contributed by atoms with Crippen molar-refractivity contribution in [3.8, 4) is 0 Å².